The molecule has 0 radical (unpaired) electrons. The lowest BCUT2D eigenvalue weighted by Gasteiger charge is -2.13. The number of rotatable bonds is 10. The van der Waals surface area contributed by atoms with E-state index in [9.17, 15) is 36.0 Å². The van der Waals surface area contributed by atoms with Crippen LogP contribution in [0.25, 0.3) is 10.8 Å². The molecule has 0 saturated heterocycles. The number of Topliss-reactive ketones (excluding diaryl/α,β-unsaturated/α-hetero) is 1. The lowest BCUT2D eigenvalue weighted by atomic mass is 9.95. The summed E-state index contributed by atoms with van der Waals surface area (Å²) in [6.07, 6.45) is 0. The lowest BCUT2D eigenvalue weighted by molar-refractivity contribution is -0.145. The number of aromatic carboxylic acids is 1. The molecule has 0 amide bonds. The zero-order chi connectivity index (χ0) is 28.1. The number of esters is 1. The van der Waals surface area contributed by atoms with Crippen molar-refractivity contribution in [2.24, 2.45) is 5.16 Å². The molecule has 38 heavy (non-hydrogen) atoms. The second kappa shape index (κ2) is 11.3. The number of hydrogen-bond donors (Lipinski definition) is 1. The van der Waals surface area contributed by atoms with E-state index in [0.29, 0.717) is 5.39 Å². The largest absolute Gasteiger partial charge is 0.536 e. The van der Waals surface area contributed by atoms with Crippen molar-refractivity contribution in [1.82, 2.24) is 0 Å². The van der Waals surface area contributed by atoms with Gasteiger partial charge in [-0.2, -0.15) is 21.6 Å². The number of benzene rings is 3. The van der Waals surface area contributed by atoms with Crippen molar-refractivity contribution in [3.63, 3.8) is 0 Å². The first-order valence-corrected chi connectivity index (χ1v) is 12.0. The predicted octanol–water partition coefficient (Wildman–Crippen LogP) is 3.93. The maximum atomic E-state index is 13.5. The Hall–Kier alpha value is -4.46. The van der Waals surface area contributed by atoms with Gasteiger partial charge in [-0.1, -0.05) is 41.6 Å². The van der Waals surface area contributed by atoms with Gasteiger partial charge in [0.15, 0.2) is 12.3 Å². The smallest absolute Gasteiger partial charge is 0.481 e. The van der Waals surface area contributed by atoms with Gasteiger partial charge >= 0.3 is 27.6 Å². The molecule has 14 heteroatoms. The Kier molecular flexibility index (Phi) is 8.36. The van der Waals surface area contributed by atoms with Crippen LogP contribution >= 0.6 is 0 Å². The first-order chi connectivity index (χ1) is 17.9. The average molecular weight is 553 g/mol. The van der Waals surface area contributed by atoms with Crippen LogP contribution in [0, 0.1) is 0 Å². The molecule has 0 aromatic heterocycles. The van der Waals surface area contributed by atoms with E-state index in [2.05, 4.69) is 9.44 Å². The topological polar surface area (TPSA) is 146 Å². The van der Waals surface area contributed by atoms with Crippen molar-refractivity contribution in [2.75, 3.05) is 13.2 Å². The Morgan fingerprint density at radius 2 is 1.53 bits per heavy atom. The third-order valence-corrected chi connectivity index (χ3v) is 5.75. The van der Waals surface area contributed by atoms with E-state index in [-0.39, 0.29) is 34.4 Å². The van der Waals surface area contributed by atoms with Crippen LogP contribution in [0.3, 0.4) is 0 Å². The van der Waals surface area contributed by atoms with Crippen LogP contribution in [0.15, 0.2) is 65.8 Å². The van der Waals surface area contributed by atoms with Gasteiger partial charge in [0.2, 0.25) is 5.78 Å². The average Bonchev–Trinajstić information content (AvgIpc) is 2.87. The van der Waals surface area contributed by atoms with Gasteiger partial charge in [0.05, 0.1) is 12.2 Å². The van der Waals surface area contributed by atoms with Crippen molar-refractivity contribution in [3.05, 3.63) is 77.4 Å². The van der Waals surface area contributed by atoms with Crippen LogP contribution in [0.2, 0.25) is 0 Å². The molecule has 3 rings (SSSR count). The minimum Gasteiger partial charge on any atom is -0.481 e. The molecule has 0 bridgehead atoms. The molecule has 0 aliphatic carbocycles. The molecule has 0 saturated carbocycles. The van der Waals surface area contributed by atoms with Gasteiger partial charge in [-0.05, 0) is 36.6 Å². The Bertz CT molecular complexity index is 1520. The SMILES string of the molecule is CCOC(=O)COc1ccc(C(=O)/C(=N/OS(=O)(=O)C(F)(F)F)c2ccc(C(=O)O)cc2)c2ccccc12. The number of hydrogen-bond acceptors (Lipinski definition) is 9. The maximum absolute atomic E-state index is 13.5. The minimum absolute atomic E-state index is 0.127. The fraction of sp³-hybridized carbons (Fsp3) is 0.167. The highest BCUT2D eigenvalue weighted by Crippen LogP contribution is 2.30. The van der Waals surface area contributed by atoms with Crippen LogP contribution in [0.1, 0.15) is 33.2 Å². The number of halogens is 3. The van der Waals surface area contributed by atoms with Gasteiger partial charge in [-0.15, -0.1) is 0 Å². The summed E-state index contributed by atoms with van der Waals surface area (Å²) in [6, 6.07) is 13.0. The van der Waals surface area contributed by atoms with E-state index in [1.54, 1.807) is 25.1 Å². The van der Waals surface area contributed by atoms with Gasteiger partial charge in [-0.25, -0.2) is 9.59 Å². The fourth-order valence-electron chi connectivity index (χ4n) is 3.19. The third kappa shape index (κ3) is 6.26. The van der Waals surface area contributed by atoms with E-state index < -0.39 is 45.7 Å². The number of ketones is 1. The van der Waals surface area contributed by atoms with Crippen molar-refractivity contribution >= 4 is 44.3 Å². The standard InChI is InChI=1S/C24H18F3NO9S/c1-2-35-20(29)13-36-19-12-11-18(16-5-3-4-6-17(16)19)22(30)21(28-37-38(33,34)24(25,26)27)14-7-9-15(10-8-14)23(31)32/h3-12H,2,13H2,1H3,(H,31,32)/b28-21+. The van der Waals surface area contributed by atoms with E-state index in [1.807, 2.05) is 0 Å². The van der Waals surface area contributed by atoms with E-state index >= 15 is 0 Å². The Balaban J connectivity index is 2.10. The lowest BCUT2D eigenvalue weighted by Crippen LogP contribution is -2.25. The molecule has 0 aliphatic heterocycles. The van der Waals surface area contributed by atoms with Crippen LogP contribution in [-0.2, 0) is 23.9 Å². The summed E-state index contributed by atoms with van der Waals surface area (Å²) in [5, 5.41) is 12.7. The molecule has 0 fully saturated rings. The highest BCUT2D eigenvalue weighted by Gasteiger charge is 2.49. The molecular weight excluding hydrogens is 535 g/mol. The van der Waals surface area contributed by atoms with Crippen LogP contribution in [0.4, 0.5) is 13.2 Å². The van der Waals surface area contributed by atoms with Gasteiger partial charge in [0, 0.05) is 16.5 Å². The number of ether oxygens (including phenoxy) is 2. The molecule has 1 N–H and O–H groups in total. The summed E-state index contributed by atoms with van der Waals surface area (Å²) in [5.41, 5.74) is -7.22. The van der Waals surface area contributed by atoms with Gasteiger partial charge in [-0.3, -0.25) is 9.08 Å². The molecule has 0 heterocycles. The molecule has 0 atom stereocenters. The molecule has 3 aromatic rings. The zero-order valence-corrected chi connectivity index (χ0v) is 20.2. The number of alkyl halides is 3. The number of carboxylic acids is 1. The third-order valence-electron chi connectivity index (χ3n) is 4.91. The minimum atomic E-state index is -6.21. The second-order valence-corrected chi connectivity index (χ2v) is 8.90. The van der Waals surface area contributed by atoms with Crippen LogP contribution < -0.4 is 4.74 Å². The predicted molar refractivity (Wildman–Crippen MR) is 126 cm³/mol. The molecule has 3 aromatic carbocycles. The number of fused-ring (bicyclic) bond motifs is 1. The van der Waals surface area contributed by atoms with Crippen LogP contribution in [-0.4, -0.2) is 55.7 Å². The number of oxime groups is 1. The van der Waals surface area contributed by atoms with Crippen LogP contribution in [0.5, 0.6) is 5.75 Å². The van der Waals surface area contributed by atoms with Gasteiger partial charge in [0.1, 0.15) is 5.75 Å². The number of nitrogens with zero attached hydrogens (tertiary/aromatic N) is 1. The van der Waals surface area contributed by atoms with Gasteiger partial charge < -0.3 is 14.6 Å². The van der Waals surface area contributed by atoms with E-state index in [0.717, 1.165) is 24.3 Å². The Labute approximate surface area is 213 Å². The molecule has 0 aliphatic rings. The molecule has 200 valence electrons. The van der Waals surface area contributed by atoms with Gasteiger partial charge in [0.25, 0.3) is 0 Å². The summed E-state index contributed by atoms with van der Waals surface area (Å²) in [6.45, 7) is 1.32. The first kappa shape index (κ1) is 28.1. The molecule has 0 unspecified atom stereocenters. The number of carbonyl (C=O) groups is 3. The summed E-state index contributed by atoms with van der Waals surface area (Å²) in [4.78, 5) is 36.3. The quantitative estimate of drug-likeness (QED) is 0.130. The summed E-state index contributed by atoms with van der Waals surface area (Å²) < 4.78 is 75.3. The van der Waals surface area contributed by atoms with Crippen molar-refractivity contribution in [3.8, 4) is 5.75 Å². The fourth-order valence-corrected chi connectivity index (χ4v) is 3.44. The summed E-state index contributed by atoms with van der Waals surface area (Å²) in [7, 11) is -6.21. The molecule has 10 nitrogen and oxygen atoms in total. The highest BCUT2D eigenvalue weighted by atomic mass is 32.2. The summed E-state index contributed by atoms with van der Waals surface area (Å²) >= 11 is 0. The highest BCUT2D eigenvalue weighted by molar-refractivity contribution is 7.87. The first-order valence-electron chi connectivity index (χ1n) is 10.6. The zero-order valence-electron chi connectivity index (χ0n) is 19.4. The monoisotopic (exact) mass is 553 g/mol. The van der Waals surface area contributed by atoms with E-state index in [1.165, 1.54) is 18.2 Å². The molecular formula is C24H18F3NO9S. The second-order valence-electron chi connectivity index (χ2n) is 7.38. The molecule has 0 spiro atoms. The summed E-state index contributed by atoms with van der Waals surface area (Å²) in [5.74, 6) is -2.82. The van der Waals surface area contributed by atoms with Crippen molar-refractivity contribution in [2.45, 2.75) is 12.4 Å². The normalized spacial score (nSPS) is 12.2. The maximum Gasteiger partial charge on any atom is 0.536 e. The number of carbonyl (C=O) groups excluding carboxylic acids is 2. The number of carboxylic acid groups (broad SMARTS) is 1. The van der Waals surface area contributed by atoms with Crippen molar-refractivity contribution < 1.29 is 54.8 Å². The van der Waals surface area contributed by atoms with Crippen molar-refractivity contribution in [1.29, 1.82) is 0 Å². The van der Waals surface area contributed by atoms with E-state index in [4.69, 9.17) is 14.6 Å². The Morgan fingerprint density at radius 3 is 2.11 bits per heavy atom. The Morgan fingerprint density at radius 1 is 0.921 bits per heavy atom.